The Kier molecular flexibility index (Phi) is 7.49. The van der Waals surface area contributed by atoms with E-state index in [1.165, 1.54) is 25.1 Å². The molecule has 0 atom stereocenters. The first kappa shape index (κ1) is 24.7. The van der Waals surface area contributed by atoms with E-state index in [1.807, 2.05) is 5.32 Å². The summed E-state index contributed by atoms with van der Waals surface area (Å²) < 4.78 is 75.5. The SMILES string of the molecule is CCC(=O)c1ccc(NC(=O)CC(F)(F)F)cc1NC(=O)Nc1cccc(C(F)(F)F)c1. The number of amides is 3. The normalized spacial score (nSPS) is 11.6. The van der Waals surface area contributed by atoms with Gasteiger partial charge in [0.15, 0.2) is 5.78 Å². The second kappa shape index (κ2) is 9.71. The van der Waals surface area contributed by atoms with Crippen molar-refractivity contribution >= 4 is 34.8 Å². The maximum atomic E-state index is 12.8. The van der Waals surface area contributed by atoms with Gasteiger partial charge in [-0.05, 0) is 36.4 Å². The molecule has 0 aliphatic carbocycles. The van der Waals surface area contributed by atoms with Crippen LogP contribution in [0.1, 0.15) is 35.7 Å². The lowest BCUT2D eigenvalue weighted by molar-refractivity contribution is -0.150. The summed E-state index contributed by atoms with van der Waals surface area (Å²) in [5, 5.41) is 6.45. The van der Waals surface area contributed by atoms with Gasteiger partial charge in [-0.1, -0.05) is 13.0 Å². The molecule has 0 unspecified atom stereocenters. The van der Waals surface area contributed by atoms with Gasteiger partial charge in [0.2, 0.25) is 5.91 Å². The Morgan fingerprint density at radius 1 is 0.844 bits per heavy atom. The van der Waals surface area contributed by atoms with Crippen molar-refractivity contribution in [3.8, 4) is 0 Å². The quantitative estimate of drug-likeness (QED) is 0.374. The Bertz CT molecular complexity index is 1020. The van der Waals surface area contributed by atoms with Crippen LogP contribution in [0.2, 0.25) is 0 Å². The lowest BCUT2D eigenvalue weighted by atomic mass is 10.1. The topological polar surface area (TPSA) is 87.3 Å². The van der Waals surface area contributed by atoms with Gasteiger partial charge in [0.1, 0.15) is 6.42 Å². The molecule has 0 saturated heterocycles. The average Bonchev–Trinajstić information content (AvgIpc) is 2.65. The second-order valence-corrected chi connectivity index (χ2v) is 6.53. The molecule has 12 heteroatoms. The van der Waals surface area contributed by atoms with Crippen LogP contribution in [0.3, 0.4) is 0 Å². The van der Waals surface area contributed by atoms with Gasteiger partial charge in [-0.25, -0.2) is 4.79 Å². The predicted octanol–water partition coefficient (Wildman–Crippen LogP) is 5.83. The lowest BCUT2D eigenvalue weighted by Gasteiger charge is -2.14. The Hall–Kier alpha value is -3.57. The van der Waals surface area contributed by atoms with Gasteiger partial charge >= 0.3 is 18.4 Å². The van der Waals surface area contributed by atoms with E-state index in [4.69, 9.17) is 0 Å². The molecule has 0 aliphatic heterocycles. The van der Waals surface area contributed by atoms with Gasteiger partial charge in [-0.3, -0.25) is 9.59 Å². The van der Waals surface area contributed by atoms with Crippen molar-refractivity contribution in [1.82, 2.24) is 0 Å². The first-order valence-corrected chi connectivity index (χ1v) is 9.07. The molecular formula is C20H17F6N3O3. The minimum absolute atomic E-state index is 0.000475. The van der Waals surface area contributed by atoms with Crippen molar-refractivity contribution in [2.45, 2.75) is 32.1 Å². The summed E-state index contributed by atoms with van der Waals surface area (Å²) in [6.45, 7) is 1.54. The molecule has 3 amide bonds. The number of carbonyl (C=O) groups is 3. The average molecular weight is 461 g/mol. The first-order valence-electron chi connectivity index (χ1n) is 9.07. The molecule has 0 fully saturated rings. The highest BCUT2D eigenvalue weighted by molar-refractivity contribution is 6.08. The highest BCUT2D eigenvalue weighted by Gasteiger charge is 2.31. The van der Waals surface area contributed by atoms with Crippen molar-refractivity contribution < 1.29 is 40.7 Å². The van der Waals surface area contributed by atoms with Crippen LogP contribution in [0.5, 0.6) is 0 Å². The molecule has 0 bridgehead atoms. The minimum atomic E-state index is -4.73. The highest BCUT2D eigenvalue weighted by atomic mass is 19.4. The molecule has 0 spiro atoms. The third-order valence-corrected chi connectivity index (χ3v) is 3.98. The van der Waals surface area contributed by atoms with Gasteiger partial charge in [-0.15, -0.1) is 0 Å². The number of rotatable bonds is 6. The standard InChI is InChI=1S/C20H17F6N3O3/c1-2-16(30)14-7-6-13(27-17(31)10-19(21,22)23)9-15(14)29-18(32)28-12-5-3-4-11(8-12)20(24,25)26/h3-9H,2,10H2,1H3,(H,27,31)(H2,28,29,32). The van der Waals surface area contributed by atoms with Gasteiger partial charge in [0, 0.05) is 23.4 Å². The van der Waals surface area contributed by atoms with Gasteiger partial charge < -0.3 is 16.0 Å². The molecule has 0 saturated carbocycles. The number of benzene rings is 2. The van der Waals surface area contributed by atoms with Crippen LogP contribution in [0.4, 0.5) is 48.2 Å². The maximum absolute atomic E-state index is 12.8. The molecular weight excluding hydrogens is 444 g/mol. The zero-order valence-corrected chi connectivity index (χ0v) is 16.4. The Balaban J connectivity index is 2.23. The zero-order valence-electron chi connectivity index (χ0n) is 16.4. The van der Waals surface area contributed by atoms with Crippen LogP contribution >= 0.6 is 0 Å². The molecule has 2 aromatic rings. The van der Waals surface area contributed by atoms with E-state index in [-0.39, 0.29) is 29.0 Å². The van der Waals surface area contributed by atoms with Crippen LogP contribution in [0, 0.1) is 0 Å². The van der Waals surface area contributed by atoms with Crippen LogP contribution in [0.15, 0.2) is 42.5 Å². The highest BCUT2D eigenvalue weighted by Crippen LogP contribution is 2.31. The zero-order chi connectivity index (χ0) is 24.1. The number of hydrogen-bond donors (Lipinski definition) is 3. The van der Waals surface area contributed by atoms with E-state index in [9.17, 15) is 40.7 Å². The van der Waals surface area contributed by atoms with E-state index >= 15 is 0 Å². The first-order chi connectivity index (χ1) is 14.8. The summed E-state index contributed by atoms with van der Waals surface area (Å²) in [5.74, 6) is -1.78. The fourth-order valence-corrected chi connectivity index (χ4v) is 2.60. The third-order valence-electron chi connectivity index (χ3n) is 3.98. The second-order valence-electron chi connectivity index (χ2n) is 6.53. The number of anilines is 3. The number of ketones is 1. The van der Waals surface area contributed by atoms with Crippen LogP contribution in [-0.4, -0.2) is 23.9 Å². The number of alkyl halides is 6. The molecule has 6 nitrogen and oxygen atoms in total. The van der Waals surface area contributed by atoms with E-state index in [2.05, 4.69) is 10.6 Å². The van der Waals surface area contributed by atoms with Crippen molar-refractivity contribution in [2.75, 3.05) is 16.0 Å². The number of nitrogens with one attached hydrogen (secondary N) is 3. The monoisotopic (exact) mass is 461 g/mol. The van der Waals surface area contributed by atoms with E-state index in [0.717, 1.165) is 18.2 Å². The molecule has 0 aromatic heterocycles. The summed E-state index contributed by atoms with van der Waals surface area (Å²) in [5.41, 5.74) is -1.45. The van der Waals surface area contributed by atoms with Gasteiger partial charge in [0.25, 0.3) is 0 Å². The summed E-state index contributed by atoms with van der Waals surface area (Å²) in [7, 11) is 0. The summed E-state index contributed by atoms with van der Waals surface area (Å²) >= 11 is 0. The van der Waals surface area contributed by atoms with E-state index in [0.29, 0.717) is 6.07 Å². The summed E-state index contributed by atoms with van der Waals surface area (Å²) in [4.78, 5) is 35.9. The fraction of sp³-hybridized carbons (Fsp3) is 0.250. The Morgan fingerprint density at radius 3 is 2.09 bits per heavy atom. The number of halogens is 6. The number of Topliss-reactive ketones (excluding diaryl/α,β-unsaturated/α-hetero) is 1. The molecule has 172 valence electrons. The van der Waals surface area contributed by atoms with Gasteiger partial charge in [-0.2, -0.15) is 26.3 Å². The molecule has 0 heterocycles. The van der Waals surface area contributed by atoms with Crippen molar-refractivity contribution in [1.29, 1.82) is 0 Å². The molecule has 3 N–H and O–H groups in total. The van der Waals surface area contributed by atoms with Crippen LogP contribution in [0.25, 0.3) is 0 Å². The Morgan fingerprint density at radius 2 is 1.50 bits per heavy atom. The predicted molar refractivity (Wildman–Crippen MR) is 104 cm³/mol. The molecule has 0 radical (unpaired) electrons. The summed E-state index contributed by atoms with van der Waals surface area (Å²) in [6, 6.07) is 6.26. The van der Waals surface area contributed by atoms with E-state index < -0.39 is 42.1 Å². The van der Waals surface area contributed by atoms with Crippen molar-refractivity contribution in [2.24, 2.45) is 0 Å². The lowest BCUT2D eigenvalue weighted by Crippen LogP contribution is -2.23. The number of carbonyl (C=O) groups excluding carboxylic acids is 3. The van der Waals surface area contributed by atoms with E-state index in [1.54, 1.807) is 0 Å². The van der Waals surface area contributed by atoms with Gasteiger partial charge in [0.05, 0.1) is 11.3 Å². The number of hydrogen-bond acceptors (Lipinski definition) is 3. The van der Waals surface area contributed by atoms with Crippen molar-refractivity contribution in [3.05, 3.63) is 53.6 Å². The molecule has 2 rings (SSSR count). The third kappa shape index (κ3) is 7.29. The largest absolute Gasteiger partial charge is 0.416 e. The van der Waals surface area contributed by atoms with Crippen LogP contribution in [-0.2, 0) is 11.0 Å². The molecule has 32 heavy (non-hydrogen) atoms. The smallest absolute Gasteiger partial charge is 0.326 e. The minimum Gasteiger partial charge on any atom is -0.326 e. The molecule has 0 aliphatic rings. The molecule has 2 aromatic carbocycles. The summed E-state index contributed by atoms with van der Waals surface area (Å²) in [6.07, 6.45) is -11.1. The fourth-order valence-electron chi connectivity index (χ4n) is 2.60. The van der Waals surface area contributed by atoms with Crippen molar-refractivity contribution in [3.63, 3.8) is 0 Å². The van der Waals surface area contributed by atoms with Crippen LogP contribution < -0.4 is 16.0 Å². The maximum Gasteiger partial charge on any atom is 0.416 e. The Labute approximate surface area is 178 Å². The number of urea groups is 1.